The first-order valence-electron chi connectivity index (χ1n) is 3.77. The van der Waals surface area contributed by atoms with Crippen molar-refractivity contribution >= 4 is 17.0 Å². The lowest BCUT2D eigenvalue weighted by Crippen LogP contribution is -1.66. The van der Waals surface area contributed by atoms with Crippen LogP contribution in [0.2, 0.25) is 0 Å². The van der Waals surface area contributed by atoms with Crippen molar-refractivity contribution in [1.82, 2.24) is 9.97 Å². The van der Waals surface area contributed by atoms with Crippen LogP contribution >= 0.6 is 17.0 Å². The smallest absolute Gasteiger partial charge is 0.102 e. The van der Waals surface area contributed by atoms with Crippen LogP contribution < -0.4 is 0 Å². The van der Waals surface area contributed by atoms with E-state index in [1.165, 1.54) is 12.8 Å². The van der Waals surface area contributed by atoms with E-state index < -0.39 is 0 Å². The highest BCUT2D eigenvalue weighted by Gasteiger charge is 1.73. The molecule has 66 valence electrons. The van der Waals surface area contributed by atoms with E-state index in [1.54, 1.807) is 12.4 Å². The van der Waals surface area contributed by atoms with E-state index in [9.17, 15) is 0 Å². The average molecular weight is 221 g/mol. The Morgan fingerprint density at radius 1 is 1.36 bits per heavy atom. The van der Waals surface area contributed by atoms with Gasteiger partial charge in [-0.25, -0.2) is 4.98 Å². The van der Waals surface area contributed by atoms with Crippen molar-refractivity contribution in [2.75, 3.05) is 0 Å². The van der Waals surface area contributed by atoms with Gasteiger partial charge in [0.15, 0.2) is 0 Å². The third-order valence-electron chi connectivity index (χ3n) is 1.13. The van der Waals surface area contributed by atoms with Crippen LogP contribution in [0.1, 0.15) is 32.5 Å². The third kappa shape index (κ3) is 9.69. The van der Waals surface area contributed by atoms with Crippen molar-refractivity contribution in [1.29, 1.82) is 0 Å². The maximum absolute atomic E-state index is 3.86. The molecule has 1 rings (SSSR count). The highest BCUT2D eigenvalue weighted by molar-refractivity contribution is 8.93. The number of H-pyrrole nitrogens is 1. The van der Waals surface area contributed by atoms with E-state index in [1.807, 2.05) is 6.92 Å². The highest BCUT2D eigenvalue weighted by Crippen LogP contribution is 1.78. The lowest BCUT2D eigenvalue weighted by Gasteiger charge is -1.68. The first-order chi connectivity index (χ1) is 4.81. The van der Waals surface area contributed by atoms with Gasteiger partial charge in [-0.05, 0) is 6.92 Å². The number of aryl methyl sites for hydroxylation is 1. The van der Waals surface area contributed by atoms with Crippen molar-refractivity contribution in [3.63, 3.8) is 0 Å². The maximum Gasteiger partial charge on any atom is 0.102 e. The Balaban J connectivity index is 0. The molecule has 0 fully saturated rings. The van der Waals surface area contributed by atoms with Gasteiger partial charge in [0, 0.05) is 12.4 Å². The number of nitrogens with one attached hydrogen (secondary N) is 1. The fourth-order valence-corrected chi connectivity index (χ4v) is 0.344. The first kappa shape index (κ1) is 13.3. The van der Waals surface area contributed by atoms with Crippen LogP contribution in [-0.4, -0.2) is 9.97 Å². The number of rotatable bonds is 1. The summed E-state index contributed by atoms with van der Waals surface area (Å²) < 4.78 is 0. The summed E-state index contributed by atoms with van der Waals surface area (Å²) in [5, 5.41) is 0. The van der Waals surface area contributed by atoms with E-state index in [0.717, 1.165) is 5.82 Å². The van der Waals surface area contributed by atoms with Crippen LogP contribution in [0.3, 0.4) is 0 Å². The summed E-state index contributed by atoms with van der Waals surface area (Å²) in [7, 11) is 0. The molecule has 2 nitrogen and oxygen atoms in total. The second-order valence-corrected chi connectivity index (χ2v) is 2.17. The summed E-state index contributed by atoms with van der Waals surface area (Å²) in [6.07, 6.45) is 6.17. The molecule has 0 aromatic carbocycles. The molecule has 1 N–H and O–H groups in total. The van der Waals surface area contributed by atoms with Crippen LogP contribution in [0.4, 0.5) is 0 Å². The molecule has 0 saturated heterocycles. The average Bonchev–Trinajstić information content (AvgIpc) is 2.40. The predicted octanol–water partition coefficient (Wildman–Crippen LogP) is 3.10. The molecule has 0 bridgehead atoms. The van der Waals surface area contributed by atoms with E-state index >= 15 is 0 Å². The maximum atomic E-state index is 3.86. The fourth-order valence-electron chi connectivity index (χ4n) is 0.344. The number of hydrogen-bond donors (Lipinski definition) is 1. The minimum absolute atomic E-state index is 0. The summed E-state index contributed by atoms with van der Waals surface area (Å²) in [5.74, 6) is 0.968. The SMILES string of the molecule is Br.CCCC.Cc1ncc[nH]1. The molecule has 11 heavy (non-hydrogen) atoms. The van der Waals surface area contributed by atoms with Crippen LogP contribution in [0, 0.1) is 6.92 Å². The highest BCUT2D eigenvalue weighted by atomic mass is 79.9. The Bertz CT molecular complexity index is 136. The monoisotopic (exact) mass is 220 g/mol. The zero-order chi connectivity index (χ0) is 7.82. The van der Waals surface area contributed by atoms with Crippen LogP contribution in [0.5, 0.6) is 0 Å². The Morgan fingerprint density at radius 2 is 1.91 bits per heavy atom. The van der Waals surface area contributed by atoms with E-state index in [0.29, 0.717) is 0 Å². The number of nitrogens with zero attached hydrogens (tertiary/aromatic N) is 1. The number of aromatic nitrogens is 2. The Morgan fingerprint density at radius 3 is 2.00 bits per heavy atom. The molecule has 0 aliphatic heterocycles. The third-order valence-corrected chi connectivity index (χ3v) is 1.13. The molecule has 1 heterocycles. The number of halogens is 1. The minimum Gasteiger partial charge on any atom is -0.349 e. The topological polar surface area (TPSA) is 28.7 Å². The Hall–Kier alpha value is -0.310. The van der Waals surface area contributed by atoms with Gasteiger partial charge in [-0.1, -0.05) is 26.7 Å². The minimum atomic E-state index is 0. The fraction of sp³-hybridized carbons (Fsp3) is 0.625. The predicted molar refractivity (Wildman–Crippen MR) is 54.2 cm³/mol. The van der Waals surface area contributed by atoms with Crippen LogP contribution in [-0.2, 0) is 0 Å². The van der Waals surface area contributed by atoms with Crippen molar-refractivity contribution in [2.24, 2.45) is 0 Å². The van der Waals surface area contributed by atoms with Gasteiger partial charge in [0.1, 0.15) is 5.82 Å². The molecule has 1 aromatic rings. The summed E-state index contributed by atoms with van der Waals surface area (Å²) in [5.41, 5.74) is 0. The van der Waals surface area contributed by atoms with Gasteiger partial charge < -0.3 is 4.98 Å². The van der Waals surface area contributed by atoms with E-state index in [2.05, 4.69) is 23.8 Å². The van der Waals surface area contributed by atoms with Gasteiger partial charge in [-0.15, -0.1) is 17.0 Å². The van der Waals surface area contributed by atoms with E-state index in [-0.39, 0.29) is 17.0 Å². The lowest BCUT2D eigenvalue weighted by molar-refractivity contribution is 0.886. The number of imidazole rings is 1. The van der Waals surface area contributed by atoms with Crippen molar-refractivity contribution in [3.05, 3.63) is 18.2 Å². The molecular weight excluding hydrogens is 204 g/mol. The molecule has 1 aromatic heterocycles. The van der Waals surface area contributed by atoms with Crippen LogP contribution in [0.15, 0.2) is 12.4 Å². The molecular formula is C8H17BrN2. The quantitative estimate of drug-likeness (QED) is 0.775. The Labute approximate surface area is 79.2 Å². The summed E-state index contributed by atoms with van der Waals surface area (Å²) in [6, 6.07) is 0. The van der Waals surface area contributed by atoms with Gasteiger partial charge in [0.25, 0.3) is 0 Å². The van der Waals surface area contributed by atoms with Gasteiger partial charge in [0.05, 0.1) is 0 Å². The zero-order valence-corrected chi connectivity index (χ0v) is 9.14. The number of aromatic amines is 1. The number of hydrogen-bond acceptors (Lipinski definition) is 1. The van der Waals surface area contributed by atoms with Gasteiger partial charge in [0.2, 0.25) is 0 Å². The van der Waals surface area contributed by atoms with E-state index in [4.69, 9.17) is 0 Å². The first-order valence-corrected chi connectivity index (χ1v) is 3.77. The molecule has 0 radical (unpaired) electrons. The molecule has 0 aliphatic rings. The van der Waals surface area contributed by atoms with Crippen molar-refractivity contribution in [3.8, 4) is 0 Å². The second-order valence-electron chi connectivity index (χ2n) is 2.17. The molecule has 0 unspecified atom stereocenters. The summed E-state index contributed by atoms with van der Waals surface area (Å²) in [4.78, 5) is 6.75. The normalized spacial score (nSPS) is 7.55. The molecule has 0 aliphatic carbocycles. The molecule has 0 amide bonds. The molecule has 0 saturated carbocycles. The number of unbranched alkanes of at least 4 members (excludes halogenated alkanes) is 1. The lowest BCUT2D eigenvalue weighted by atomic mass is 10.4. The second kappa shape index (κ2) is 9.69. The standard InChI is InChI=1S/C4H6N2.C4H10.BrH/c1-4-5-2-3-6-4;1-3-4-2;/h2-3H,1H3,(H,5,6);3-4H2,1-2H3;1H. The summed E-state index contributed by atoms with van der Waals surface area (Å²) >= 11 is 0. The molecule has 0 atom stereocenters. The van der Waals surface area contributed by atoms with Crippen molar-refractivity contribution < 1.29 is 0 Å². The van der Waals surface area contributed by atoms with Gasteiger partial charge in [-0.3, -0.25) is 0 Å². The molecule has 3 heteroatoms. The van der Waals surface area contributed by atoms with Gasteiger partial charge >= 0.3 is 0 Å². The summed E-state index contributed by atoms with van der Waals surface area (Å²) in [6.45, 7) is 6.28. The molecule has 0 spiro atoms. The van der Waals surface area contributed by atoms with Crippen LogP contribution in [0.25, 0.3) is 0 Å². The van der Waals surface area contributed by atoms with Gasteiger partial charge in [-0.2, -0.15) is 0 Å². The Kier molecular flexibility index (Phi) is 11.7. The largest absolute Gasteiger partial charge is 0.349 e. The van der Waals surface area contributed by atoms with Crippen molar-refractivity contribution in [2.45, 2.75) is 33.6 Å². The zero-order valence-electron chi connectivity index (χ0n) is 7.42.